The second-order valence-corrected chi connectivity index (χ2v) is 10.8. The molecule has 8 heteroatoms. The van der Waals surface area contributed by atoms with E-state index in [1.165, 1.54) is 0 Å². The van der Waals surface area contributed by atoms with Crippen LogP contribution in [-0.4, -0.2) is 28.0 Å². The summed E-state index contributed by atoms with van der Waals surface area (Å²) >= 11 is 7.98. The minimum Gasteiger partial charge on any atom is -0.480 e. The number of nitrogens with zero attached hydrogens (tertiary/aromatic N) is 2. The summed E-state index contributed by atoms with van der Waals surface area (Å²) in [5, 5.41) is 15.8. The van der Waals surface area contributed by atoms with E-state index < -0.39 is 17.9 Å². The number of benzene rings is 4. The molecule has 0 saturated heterocycles. The van der Waals surface area contributed by atoms with Crippen molar-refractivity contribution in [1.29, 1.82) is 0 Å². The van der Waals surface area contributed by atoms with Crippen LogP contribution in [-0.2, 0) is 24.3 Å². The van der Waals surface area contributed by atoms with Gasteiger partial charge in [-0.25, -0.2) is 9.78 Å². The van der Waals surface area contributed by atoms with Crippen LogP contribution in [0.3, 0.4) is 0 Å². The molecule has 0 aliphatic rings. The number of thiazole rings is 1. The number of amides is 1. The van der Waals surface area contributed by atoms with Crippen LogP contribution in [0, 0.1) is 0 Å². The van der Waals surface area contributed by atoms with Crippen molar-refractivity contribution < 1.29 is 14.7 Å². The molecule has 0 saturated carbocycles. The Bertz CT molecular complexity index is 1610. The van der Waals surface area contributed by atoms with Gasteiger partial charge in [-0.1, -0.05) is 103 Å². The Morgan fingerprint density at radius 1 is 0.805 bits per heavy atom. The first-order chi connectivity index (χ1) is 20.0. The van der Waals surface area contributed by atoms with Crippen LogP contribution in [0.25, 0.3) is 11.3 Å². The van der Waals surface area contributed by atoms with Gasteiger partial charge in [0.2, 0.25) is 0 Å². The average molecular weight is 582 g/mol. The highest BCUT2D eigenvalue weighted by atomic mass is 35.5. The molecule has 1 atom stereocenters. The van der Waals surface area contributed by atoms with Gasteiger partial charge < -0.3 is 15.3 Å². The number of aromatic nitrogens is 1. The zero-order chi connectivity index (χ0) is 28.6. The molecular weight excluding hydrogens is 554 g/mol. The molecule has 0 aliphatic carbocycles. The second-order valence-electron chi connectivity index (χ2n) is 9.59. The van der Waals surface area contributed by atoms with Gasteiger partial charge >= 0.3 is 5.97 Å². The molecule has 0 spiro atoms. The van der Waals surface area contributed by atoms with Crippen LogP contribution in [0.1, 0.15) is 27.0 Å². The van der Waals surface area contributed by atoms with Gasteiger partial charge in [0.05, 0.1) is 5.69 Å². The summed E-state index contributed by atoms with van der Waals surface area (Å²) in [4.78, 5) is 31.8. The van der Waals surface area contributed by atoms with Gasteiger partial charge in [0.25, 0.3) is 5.91 Å². The SMILES string of the molecule is O=C(NC(Cc1ccccc1)C(=O)O)c1ccc(CN(Cc2ccccc2)c2nc(-c3ccccc3Cl)cs2)cc1. The number of carbonyl (C=O) groups excluding carboxylic acids is 1. The smallest absolute Gasteiger partial charge is 0.326 e. The molecule has 1 amide bonds. The fraction of sp³-hybridized carbons (Fsp3) is 0.121. The first-order valence-electron chi connectivity index (χ1n) is 13.1. The van der Waals surface area contributed by atoms with Crippen molar-refractivity contribution >= 4 is 39.9 Å². The summed E-state index contributed by atoms with van der Waals surface area (Å²) in [7, 11) is 0. The zero-order valence-electron chi connectivity index (χ0n) is 22.1. The van der Waals surface area contributed by atoms with E-state index in [2.05, 4.69) is 22.3 Å². The van der Waals surface area contributed by atoms with Gasteiger partial charge in [-0.2, -0.15) is 0 Å². The fourth-order valence-electron chi connectivity index (χ4n) is 4.47. The maximum atomic E-state index is 12.9. The Kier molecular flexibility index (Phi) is 9.08. The number of carboxylic acids is 1. The van der Waals surface area contributed by atoms with Crippen molar-refractivity contribution in [3.63, 3.8) is 0 Å². The number of carboxylic acid groups (broad SMARTS) is 1. The quantitative estimate of drug-likeness (QED) is 0.174. The maximum Gasteiger partial charge on any atom is 0.326 e. The molecule has 6 nitrogen and oxygen atoms in total. The number of halogens is 1. The average Bonchev–Trinajstić information content (AvgIpc) is 3.48. The van der Waals surface area contributed by atoms with Gasteiger partial charge in [0.15, 0.2) is 5.13 Å². The molecule has 5 rings (SSSR count). The topological polar surface area (TPSA) is 82.5 Å². The summed E-state index contributed by atoms with van der Waals surface area (Å²) in [6, 6.07) is 33.3. The van der Waals surface area contributed by atoms with E-state index in [0.717, 1.165) is 33.1 Å². The molecule has 1 heterocycles. The molecule has 2 N–H and O–H groups in total. The summed E-state index contributed by atoms with van der Waals surface area (Å²) in [5.41, 5.74) is 5.09. The summed E-state index contributed by atoms with van der Waals surface area (Å²) in [5.74, 6) is -1.50. The summed E-state index contributed by atoms with van der Waals surface area (Å²) in [6.07, 6.45) is 0.207. The first kappa shape index (κ1) is 28.1. The van der Waals surface area contributed by atoms with E-state index in [0.29, 0.717) is 23.7 Å². The predicted octanol–water partition coefficient (Wildman–Crippen LogP) is 7.10. The van der Waals surface area contributed by atoms with Crippen LogP contribution in [0.2, 0.25) is 5.02 Å². The first-order valence-corrected chi connectivity index (χ1v) is 14.4. The van der Waals surface area contributed by atoms with Gasteiger partial charge in [0, 0.05) is 41.0 Å². The molecule has 1 aromatic heterocycles. The normalized spacial score (nSPS) is 11.5. The largest absolute Gasteiger partial charge is 0.480 e. The van der Waals surface area contributed by atoms with E-state index in [9.17, 15) is 14.7 Å². The number of nitrogens with one attached hydrogen (secondary N) is 1. The Balaban J connectivity index is 1.32. The Morgan fingerprint density at radius 3 is 2.02 bits per heavy atom. The number of hydrogen-bond donors (Lipinski definition) is 2. The molecule has 0 aliphatic heterocycles. The molecule has 0 fully saturated rings. The van der Waals surface area contributed by atoms with Crippen molar-refractivity contribution in [2.75, 3.05) is 4.90 Å². The Morgan fingerprint density at radius 2 is 1.39 bits per heavy atom. The lowest BCUT2D eigenvalue weighted by molar-refractivity contribution is -0.139. The standard InChI is InChI=1S/C33H28ClN3O3S/c34-28-14-8-7-13-27(28)30-22-41-33(36-30)37(20-24-11-5-2-6-12-24)21-25-15-17-26(18-16-25)31(38)35-29(32(39)40)19-23-9-3-1-4-10-23/h1-18,22,29H,19-21H2,(H,35,38)(H,39,40). The highest BCUT2D eigenvalue weighted by Gasteiger charge is 2.21. The number of rotatable bonds is 11. The van der Waals surface area contributed by atoms with Gasteiger partial charge in [-0.3, -0.25) is 4.79 Å². The zero-order valence-corrected chi connectivity index (χ0v) is 23.7. The Hall–Kier alpha value is -4.46. The van der Waals surface area contributed by atoms with E-state index in [4.69, 9.17) is 16.6 Å². The minimum atomic E-state index is -1.07. The fourth-order valence-corrected chi connectivity index (χ4v) is 5.53. The van der Waals surface area contributed by atoms with Crippen LogP contribution in [0.4, 0.5) is 5.13 Å². The summed E-state index contributed by atoms with van der Waals surface area (Å²) < 4.78 is 0. The van der Waals surface area contributed by atoms with Gasteiger partial charge in [0.1, 0.15) is 6.04 Å². The van der Waals surface area contributed by atoms with E-state index >= 15 is 0 Å². The number of hydrogen-bond acceptors (Lipinski definition) is 5. The maximum absolute atomic E-state index is 12.9. The molecule has 4 aromatic carbocycles. The van der Waals surface area contributed by atoms with Crippen molar-refractivity contribution in [3.8, 4) is 11.3 Å². The molecule has 1 unspecified atom stereocenters. The van der Waals surface area contributed by atoms with Crippen molar-refractivity contribution in [1.82, 2.24) is 10.3 Å². The van der Waals surface area contributed by atoms with Crippen LogP contribution in [0.5, 0.6) is 0 Å². The lowest BCUT2D eigenvalue weighted by atomic mass is 10.1. The molecule has 41 heavy (non-hydrogen) atoms. The van der Waals surface area contributed by atoms with Crippen molar-refractivity contribution in [3.05, 3.63) is 142 Å². The minimum absolute atomic E-state index is 0.207. The van der Waals surface area contributed by atoms with Crippen LogP contribution in [0.15, 0.2) is 115 Å². The predicted molar refractivity (Wildman–Crippen MR) is 164 cm³/mol. The lowest BCUT2D eigenvalue weighted by Gasteiger charge is -2.22. The molecule has 0 bridgehead atoms. The van der Waals surface area contributed by atoms with Crippen molar-refractivity contribution in [2.24, 2.45) is 0 Å². The van der Waals surface area contributed by atoms with E-state index in [1.807, 2.05) is 90.3 Å². The lowest BCUT2D eigenvalue weighted by Crippen LogP contribution is -2.42. The third-order valence-corrected chi connectivity index (χ3v) is 7.84. The number of carbonyl (C=O) groups is 2. The highest BCUT2D eigenvalue weighted by Crippen LogP contribution is 2.33. The van der Waals surface area contributed by atoms with Crippen molar-refractivity contribution in [2.45, 2.75) is 25.6 Å². The second kappa shape index (κ2) is 13.3. The van der Waals surface area contributed by atoms with Crippen LogP contribution < -0.4 is 10.2 Å². The molecule has 206 valence electrons. The third-order valence-electron chi connectivity index (χ3n) is 6.60. The van der Waals surface area contributed by atoms with Gasteiger partial charge in [-0.15, -0.1) is 11.3 Å². The molecule has 5 aromatic rings. The molecular formula is C33H28ClN3O3S. The molecule has 0 radical (unpaired) electrons. The number of aliphatic carboxylic acids is 1. The summed E-state index contributed by atoms with van der Waals surface area (Å²) in [6.45, 7) is 1.22. The van der Waals surface area contributed by atoms with Crippen LogP contribution >= 0.6 is 22.9 Å². The third kappa shape index (κ3) is 7.39. The van der Waals surface area contributed by atoms with Gasteiger partial charge in [-0.05, 0) is 34.9 Å². The van der Waals surface area contributed by atoms with E-state index in [-0.39, 0.29) is 6.42 Å². The number of anilines is 1. The highest BCUT2D eigenvalue weighted by molar-refractivity contribution is 7.14. The van der Waals surface area contributed by atoms with E-state index in [1.54, 1.807) is 23.5 Å². The monoisotopic (exact) mass is 581 g/mol. The Labute approximate surface area is 247 Å².